The van der Waals surface area contributed by atoms with Gasteiger partial charge < -0.3 is 19.7 Å². The van der Waals surface area contributed by atoms with Gasteiger partial charge in [-0.3, -0.25) is 13.9 Å². The van der Waals surface area contributed by atoms with Crippen molar-refractivity contribution in [1.29, 1.82) is 0 Å². The minimum absolute atomic E-state index is 0.0692. The van der Waals surface area contributed by atoms with Crippen LogP contribution >= 0.6 is 11.6 Å². The second-order valence-electron chi connectivity index (χ2n) is 10.4. The third-order valence-corrected chi connectivity index (χ3v) is 8.60. The molecule has 42 heavy (non-hydrogen) atoms. The van der Waals surface area contributed by atoms with Gasteiger partial charge in [0.1, 0.15) is 12.6 Å². The molecule has 226 valence electrons. The first-order valence-corrected chi connectivity index (χ1v) is 15.3. The number of carbonyl (C=O) groups excluding carboxylic acids is 2. The normalized spacial score (nSPS) is 12.0. The molecule has 0 aliphatic heterocycles. The third kappa shape index (κ3) is 7.95. The van der Waals surface area contributed by atoms with Gasteiger partial charge in [-0.25, -0.2) is 8.42 Å². The molecule has 0 aliphatic rings. The van der Waals surface area contributed by atoms with E-state index in [1.807, 2.05) is 33.8 Å². The van der Waals surface area contributed by atoms with Crippen LogP contribution in [0.1, 0.15) is 37.5 Å². The van der Waals surface area contributed by atoms with Crippen LogP contribution in [0.2, 0.25) is 5.02 Å². The number of carbonyl (C=O) groups is 2. The maximum atomic E-state index is 14.2. The fraction of sp³-hybridized carbons (Fsp3) is 0.355. The molecule has 0 fully saturated rings. The summed E-state index contributed by atoms with van der Waals surface area (Å²) >= 11 is 6.06. The Balaban J connectivity index is 2.10. The number of sulfonamides is 1. The standard InChI is InChI=1S/C31H38ClN3O6S/c1-20(2)33-31(37)23(5)34(18-24-8-10-25(32)11-9-24)30(36)19-35(26-15-21(3)14-22(4)16-26)42(38,39)27-12-13-28(40-6)29(17-27)41-7/h8-17,20,23H,18-19H2,1-7H3,(H,33,37). The Morgan fingerprint density at radius 2 is 1.48 bits per heavy atom. The average molecular weight is 616 g/mol. The van der Waals surface area contributed by atoms with Gasteiger partial charge >= 0.3 is 0 Å². The first kappa shape index (κ1) is 32.8. The van der Waals surface area contributed by atoms with E-state index in [-0.39, 0.29) is 29.1 Å². The van der Waals surface area contributed by atoms with Crippen molar-refractivity contribution in [3.8, 4) is 11.5 Å². The highest BCUT2D eigenvalue weighted by atomic mass is 35.5. The quantitative estimate of drug-likeness (QED) is 0.304. The van der Waals surface area contributed by atoms with Gasteiger partial charge in [-0.05, 0) is 87.7 Å². The predicted octanol–water partition coefficient (Wildman–Crippen LogP) is 5.11. The number of aryl methyl sites for hydroxylation is 2. The molecule has 3 rings (SSSR count). The molecule has 0 radical (unpaired) electrons. The number of halogens is 1. The molecule has 1 N–H and O–H groups in total. The van der Waals surface area contributed by atoms with Crippen LogP contribution < -0.4 is 19.1 Å². The molecule has 2 amide bonds. The van der Waals surface area contributed by atoms with E-state index in [4.69, 9.17) is 21.1 Å². The van der Waals surface area contributed by atoms with Crippen molar-refractivity contribution in [1.82, 2.24) is 10.2 Å². The van der Waals surface area contributed by atoms with Gasteiger partial charge in [0.25, 0.3) is 10.0 Å². The molecule has 9 nitrogen and oxygen atoms in total. The molecule has 0 saturated heterocycles. The van der Waals surface area contributed by atoms with E-state index < -0.39 is 28.5 Å². The summed E-state index contributed by atoms with van der Waals surface area (Å²) in [6.07, 6.45) is 0. The molecular formula is C31H38ClN3O6S. The van der Waals surface area contributed by atoms with Crippen molar-refractivity contribution < 1.29 is 27.5 Å². The van der Waals surface area contributed by atoms with E-state index >= 15 is 0 Å². The van der Waals surface area contributed by atoms with E-state index in [1.165, 1.54) is 37.3 Å². The molecule has 0 bridgehead atoms. The second-order valence-corrected chi connectivity index (χ2v) is 12.7. The number of nitrogens with zero attached hydrogens (tertiary/aromatic N) is 2. The van der Waals surface area contributed by atoms with Crippen molar-refractivity contribution in [3.05, 3.63) is 82.4 Å². The predicted molar refractivity (Wildman–Crippen MR) is 165 cm³/mol. The molecule has 0 aromatic heterocycles. The summed E-state index contributed by atoms with van der Waals surface area (Å²) in [5.41, 5.74) is 2.71. The van der Waals surface area contributed by atoms with E-state index in [1.54, 1.807) is 43.3 Å². The summed E-state index contributed by atoms with van der Waals surface area (Å²) in [6, 6.07) is 15.5. The smallest absolute Gasteiger partial charge is 0.264 e. The molecule has 0 spiro atoms. The maximum Gasteiger partial charge on any atom is 0.264 e. The molecule has 3 aromatic rings. The van der Waals surface area contributed by atoms with Gasteiger partial charge in [0.05, 0.1) is 24.8 Å². The Labute approximate surface area is 253 Å². The molecule has 0 aliphatic carbocycles. The van der Waals surface area contributed by atoms with Crippen LogP contribution in [0.25, 0.3) is 0 Å². The summed E-state index contributed by atoms with van der Waals surface area (Å²) in [5, 5.41) is 3.37. The molecular weight excluding hydrogens is 578 g/mol. The Morgan fingerprint density at radius 3 is 2.02 bits per heavy atom. The molecule has 0 saturated carbocycles. The largest absolute Gasteiger partial charge is 0.493 e. The van der Waals surface area contributed by atoms with Gasteiger partial charge in [-0.1, -0.05) is 29.8 Å². The van der Waals surface area contributed by atoms with Gasteiger partial charge in [0.2, 0.25) is 11.8 Å². The zero-order chi connectivity index (χ0) is 31.2. The minimum atomic E-state index is -4.28. The number of amides is 2. The van der Waals surface area contributed by atoms with Crippen LogP contribution in [0.5, 0.6) is 11.5 Å². The number of nitrogens with one attached hydrogen (secondary N) is 1. The second kappa shape index (κ2) is 13.9. The van der Waals surface area contributed by atoms with Crippen LogP contribution in [0.15, 0.2) is 65.6 Å². The number of anilines is 1. The Bertz CT molecular complexity index is 1510. The molecule has 0 heterocycles. The van der Waals surface area contributed by atoms with E-state index in [2.05, 4.69) is 5.32 Å². The number of hydrogen-bond donors (Lipinski definition) is 1. The molecule has 11 heteroatoms. The Morgan fingerprint density at radius 1 is 0.881 bits per heavy atom. The van der Waals surface area contributed by atoms with Crippen LogP contribution in [0.3, 0.4) is 0 Å². The number of ether oxygens (including phenoxy) is 2. The van der Waals surface area contributed by atoms with Crippen LogP contribution in [-0.2, 0) is 26.2 Å². The molecule has 1 atom stereocenters. The maximum absolute atomic E-state index is 14.2. The molecule has 1 unspecified atom stereocenters. The summed E-state index contributed by atoms with van der Waals surface area (Å²) < 4.78 is 40.1. The van der Waals surface area contributed by atoms with E-state index in [9.17, 15) is 18.0 Å². The van der Waals surface area contributed by atoms with Gasteiger partial charge in [-0.2, -0.15) is 0 Å². The SMILES string of the molecule is COc1ccc(S(=O)(=O)N(CC(=O)N(Cc2ccc(Cl)cc2)C(C)C(=O)NC(C)C)c2cc(C)cc(C)c2)cc1OC. The average Bonchev–Trinajstić information content (AvgIpc) is 2.93. The van der Waals surface area contributed by atoms with Crippen molar-refractivity contribution in [2.75, 3.05) is 25.1 Å². The van der Waals surface area contributed by atoms with Crippen LogP contribution in [0.4, 0.5) is 5.69 Å². The highest BCUT2D eigenvalue weighted by Gasteiger charge is 2.33. The topological polar surface area (TPSA) is 105 Å². The van der Waals surface area contributed by atoms with E-state index in [0.717, 1.165) is 21.0 Å². The van der Waals surface area contributed by atoms with Gasteiger partial charge in [0.15, 0.2) is 11.5 Å². The fourth-order valence-electron chi connectivity index (χ4n) is 4.50. The van der Waals surface area contributed by atoms with Crippen molar-refractivity contribution in [2.45, 2.75) is 58.1 Å². The molecule has 3 aromatic carbocycles. The lowest BCUT2D eigenvalue weighted by molar-refractivity contribution is -0.139. The van der Waals surface area contributed by atoms with Gasteiger partial charge in [0, 0.05) is 23.7 Å². The highest BCUT2D eigenvalue weighted by Crippen LogP contribution is 2.33. The van der Waals surface area contributed by atoms with Crippen LogP contribution in [0, 0.1) is 13.8 Å². The van der Waals surface area contributed by atoms with Crippen LogP contribution in [-0.4, -0.2) is 58.0 Å². The summed E-state index contributed by atoms with van der Waals surface area (Å²) in [7, 11) is -1.41. The monoisotopic (exact) mass is 615 g/mol. The Hall–Kier alpha value is -3.76. The number of methoxy groups -OCH3 is 2. The summed E-state index contributed by atoms with van der Waals surface area (Å²) in [4.78, 5) is 28.4. The zero-order valence-electron chi connectivity index (χ0n) is 25.0. The summed E-state index contributed by atoms with van der Waals surface area (Å²) in [5.74, 6) is -0.314. The van der Waals surface area contributed by atoms with Crippen molar-refractivity contribution in [2.24, 2.45) is 0 Å². The number of rotatable bonds is 12. The Kier molecular flexibility index (Phi) is 10.9. The first-order chi connectivity index (χ1) is 19.8. The third-order valence-electron chi connectivity index (χ3n) is 6.58. The van der Waals surface area contributed by atoms with Crippen molar-refractivity contribution in [3.63, 3.8) is 0 Å². The zero-order valence-corrected chi connectivity index (χ0v) is 26.5. The summed E-state index contributed by atoms with van der Waals surface area (Å²) in [6.45, 7) is 8.50. The number of hydrogen-bond acceptors (Lipinski definition) is 6. The van der Waals surface area contributed by atoms with Gasteiger partial charge in [-0.15, -0.1) is 0 Å². The van der Waals surface area contributed by atoms with E-state index in [0.29, 0.717) is 16.5 Å². The van der Waals surface area contributed by atoms with Crippen molar-refractivity contribution >= 4 is 39.1 Å². The lowest BCUT2D eigenvalue weighted by atomic mass is 10.1. The number of benzene rings is 3. The lowest BCUT2D eigenvalue weighted by Gasteiger charge is -2.32. The lowest BCUT2D eigenvalue weighted by Crippen LogP contribution is -2.52. The minimum Gasteiger partial charge on any atom is -0.493 e. The fourth-order valence-corrected chi connectivity index (χ4v) is 6.04. The first-order valence-electron chi connectivity index (χ1n) is 13.4. The highest BCUT2D eigenvalue weighted by molar-refractivity contribution is 7.92.